The molecule has 0 aliphatic heterocycles. The van der Waals surface area contributed by atoms with Gasteiger partial charge in [0.25, 0.3) is 0 Å². The topological polar surface area (TPSA) is 50.4 Å². The van der Waals surface area contributed by atoms with Crippen molar-refractivity contribution in [3.8, 4) is 11.8 Å². The van der Waals surface area contributed by atoms with Crippen LogP contribution in [0, 0.1) is 11.8 Å². The molecule has 3 nitrogen and oxygen atoms in total. The van der Waals surface area contributed by atoms with Gasteiger partial charge in [-0.1, -0.05) is 12.8 Å². The Morgan fingerprint density at radius 1 is 1.50 bits per heavy atom. The quantitative estimate of drug-likeness (QED) is 0.307. The highest BCUT2D eigenvalue weighted by atomic mass is 15.1. The van der Waals surface area contributed by atoms with E-state index in [2.05, 4.69) is 22.2 Å². The number of aliphatic imine (C=N–C) groups is 1. The van der Waals surface area contributed by atoms with Gasteiger partial charge in [-0.05, 0) is 19.8 Å². The molecule has 0 amide bonds. The molecule has 0 aromatic heterocycles. The van der Waals surface area contributed by atoms with Crippen molar-refractivity contribution in [3.63, 3.8) is 0 Å². The molecule has 0 spiro atoms. The number of rotatable bonds is 3. The Kier molecular flexibility index (Phi) is 4.92. The average molecular weight is 193 g/mol. The lowest BCUT2D eigenvalue weighted by Gasteiger charge is -2.11. The number of nitrogens with one attached hydrogen (secondary N) is 1. The minimum atomic E-state index is 0.552. The molecule has 78 valence electrons. The minimum Gasteiger partial charge on any atom is -0.370 e. The van der Waals surface area contributed by atoms with Crippen molar-refractivity contribution >= 4 is 5.96 Å². The summed E-state index contributed by atoms with van der Waals surface area (Å²) >= 11 is 0. The molecule has 3 N–H and O–H groups in total. The van der Waals surface area contributed by atoms with E-state index in [0.29, 0.717) is 18.5 Å². The van der Waals surface area contributed by atoms with Crippen LogP contribution in [0.25, 0.3) is 0 Å². The molecule has 1 saturated carbocycles. The second-order valence-electron chi connectivity index (χ2n) is 3.57. The molecule has 0 saturated heterocycles. The Balaban J connectivity index is 2.17. The third kappa shape index (κ3) is 4.18. The van der Waals surface area contributed by atoms with Crippen LogP contribution in [-0.4, -0.2) is 18.5 Å². The average Bonchev–Trinajstić information content (AvgIpc) is 2.65. The van der Waals surface area contributed by atoms with Crippen molar-refractivity contribution in [2.24, 2.45) is 10.7 Å². The predicted octanol–water partition coefficient (Wildman–Crippen LogP) is 1.25. The predicted molar refractivity (Wildman–Crippen MR) is 59.9 cm³/mol. The molecule has 0 heterocycles. The monoisotopic (exact) mass is 193 g/mol. The summed E-state index contributed by atoms with van der Waals surface area (Å²) in [6, 6.07) is 0.552. The SMILES string of the molecule is CC#CCCN=C(N)NC1CCCC1. The van der Waals surface area contributed by atoms with Gasteiger partial charge < -0.3 is 11.1 Å². The lowest BCUT2D eigenvalue weighted by Crippen LogP contribution is -2.38. The Bertz CT molecular complexity index is 241. The van der Waals surface area contributed by atoms with Gasteiger partial charge in [-0.3, -0.25) is 4.99 Å². The zero-order valence-corrected chi connectivity index (χ0v) is 8.84. The normalized spacial score (nSPS) is 17.6. The lowest BCUT2D eigenvalue weighted by atomic mass is 10.2. The Morgan fingerprint density at radius 2 is 2.21 bits per heavy atom. The van der Waals surface area contributed by atoms with Gasteiger partial charge >= 0.3 is 0 Å². The van der Waals surface area contributed by atoms with Crippen molar-refractivity contribution in [3.05, 3.63) is 0 Å². The summed E-state index contributed by atoms with van der Waals surface area (Å²) in [6.45, 7) is 2.54. The zero-order valence-electron chi connectivity index (χ0n) is 8.84. The number of hydrogen-bond acceptors (Lipinski definition) is 1. The van der Waals surface area contributed by atoms with Crippen molar-refractivity contribution in [2.75, 3.05) is 6.54 Å². The fraction of sp³-hybridized carbons (Fsp3) is 0.727. The third-order valence-electron chi connectivity index (χ3n) is 2.40. The molecule has 1 rings (SSSR count). The van der Waals surface area contributed by atoms with Gasteiger partial charge in [-0.15, -0.1) is 11.8 Å². The highest BCUT2D eigenvalue weighted by Crippen LogP contribution is 2.17. The van der Waals surface area contributed by atoms with Crippen LogP contribution in [0.3, 0.4) is 0 Å². The molecule has 1 aliphatic rings. The maximum absolute atomic E-state index is 5.73. The summed E-state index contributed by atoms with van der Waals surface area (Å²) in [5.74, 6) is 6.37. The largest absolute Gasteiger partial charge is 0.370 e. The summed E-state index contributed by atoms with van der Waals surface area (Å²) < 4.78 is 0. The second-order valence-corrected chi connectivity index (χ2v) is 3.57. The number of guanidine groups is 1. The van der Waals surface area contributed by atoms with Crippen LogP contribution in [0.15, 0.2) is 4.99 Å². The van der Waals surface area contributed by atoms with E-state index >= 15 is 0 Å². The molecule has 0 aromatic rings. The molecule has 1 fully saturated rings. The maximum Gasteiger partial charge on any atom is 0.188 e. The fourth-order valence-electron chi connectivity index (χ4n) is 1.68. The zero-order chi connectivity index (χ0) is 10.2. The standard InChI is InChI=1S/C11H19N3/c1-2-3-6-9-13-11(12)14-10-7-4-5-8-10/h10H,4-9H2,1H3,(H3,12,13,14). The van der Waals surface area contributed by atoms with Crippen LogP contribution < -0.4 is 11.1 Å². The van der Waals surface area contributed by atoms with E-state index in [9.17, 15) is 0 Å². The van der Waals surface area contributed by atoms with Crippen LogP contribution in [0.1, 0.15) is 39.0 Å². The van der Waals surface area contributed by atoms with E-state index in [-0.39, 0.29) is 0 Å². The van der Waals surface area contributed by atoms with Crippen LogP contribution in [-0.2, 0) is 0 Å². The van der Waals surface area contributed by atoms with E-state index < -0.39 is 0 Å². The van der Waals surface area contributed by atoms with Crippen LogP contribution >= 0.6 is 0 Å². The lowest BCUT2D eigenvalue weighted by molar-refractivity contribution is 0.625. The first-order chi connectivity index (χ1) is 6.83. The van der Waals surface area contributed by atoms with Crippen LogP contribution in [0.2, 0.25) is 0 Å². The van der Waals surface area contributed by atoms with Gasteiger partial charge in [-0.25, -0.2) is 0 Å². The van der Waals surface area contributed by atoms with Gasteiger partial charge in [-0.2, -0.15) is 0 Å². The summed E-state index contributed by atoms with van der Waals surface area (Å²) in [6.07, 6.45) is 5.87. The summed E-state index contributed by atoms with van der Waals surface area (Å²) in [5, 5.41) is 3.24. The highest BCUT2D eigenvalue weighted by Gasteiger charge is 2.14. The highest BCUT2D eigenvalue weighted by molar-refractivity contribution is 5.78. The van der Waals surface area contributed by atoms with Crippen LogP contribution in [0.5, 0.6) is 0 Å². The first kappa shape index (κ1) is 10.9. The molecule has 3 heteroatoms. The smallest absolute Gasteiger partial charge is 0.188 e. The number of nitrogens with two attached hydrogens (primary N) is 1. The molecule has 1 aliphatic carbocycles. The van der Waals surface area contributed by atoms with E-state index in [0.717, 1.165) is 6.42 Å². The Hall–Kier alpha value is -1.17. The molecular formula is C11H19N3. The van der Waals surface area contributed by atoms with Gasteiger partial charge in [0, 0.05) is 12.5 Å². The molecule has 0 radical (unpaired) electrons. The molecule has 0 unspecified atom stereocenters. The van der Waals surface area contributed by atoms with Crippen molar-refractivity contribution in [1.82, 2.24) is 5.32 Å². The molecule has 0 atom stereocenters. The van der Waals surface area contributed by atoms with E-state index in [1.165, 1.54) is 25.7 Å². The summed E-state index contributed by atoms with van der Waals surface area (Å²) in [5.41, 5.74) is 5.73. The van der Waals surface area contributed by atoms with Crippen molar-refractivity contribution in [2.45, 2.75) is 45.1 Å². The first-order valence-electron chi connectivity index (χ1n) is 5.29. The van der Waals surface area contributed by atoms with E-state index in [1.807, 2.05) is 6.92 Å². The maximum atomic E-state index is 5.73. The summed E-state index contributed by atoms with van der Waals surface area (Å²) in [7, 11) is 0. The molecule has 0 aromatic carbocycles. The van der Waals surface area contributed by atoms with Crippen molar-refractivity contribution < 1.29 is 0 Å². The molecule has 14 heavy (non-hydrogen) atoms. The van der Waals surface area contributed by atoms with E-state index in [1.54, 1.807) is 0 Å². The summed E-state index contributed by atoms with van der Waals surface area (Å²) in [4.78, 5) is 4.21. The molecule has 0 bridgehead atoms. The van der Waals surface area contributed by atoms with Gasteiger partial charge in [0.2, 0.25) is 0 Å². The Morgan fingerprint density at radius 3 is 2.86 bits per heavy atom. The van der Waals surface area contributed by atoms with E-state index in [4.69, 9.17) is 5.73 Å². The van der Waals surface area contributed by atoms with Crippen LogP contribution in [0.4, 0.5) is 0 Å². The first-order valence-corrected chi connectivity index (χ1v) is 5.29. The van der Waals surface area contributed by atoms with Gasteiger partial charge in [0.1, 0.15) is 0 Å². The third-order valence-corrected chi connectivity index (χ3v) is 2.40. The molecular weight excluding hydrogens is 174 g/mol. The Labute approximate surface area is 86.2 Å². The number of hydrogen-bond donors (Lipinski definition) is 2. The number of nitrogens with zero attached hydrogens (tertiary/aromatic N) is 1. The van der Waals surface area contributed by atoms with Crippen molar-refractivity contribution in [1.29, 1.82) is 0 Å². The second kappa shape index (κ2) is 6.31. The minimum absolute atomic E-state index is 0.552. The van der Waals surface area contributed by atoms with Gasteiger partial charge in [0.05, 0.1) is 6.54 Å². The fourth-order valence-corrected chi connectivity index (χ4v) is 1.68. The van der Waals surface area contributed by atoms with Gasteiger partial charge in [0.15, 0.2) is 5.96 Å².